The molecule has 0 aromatic heterocycles. The first-order valence-corrected chi connectivity index (χ1v) is 10.4. The van der Waals surface area contributed by atoms with Gasteiger partial charge in [-0.05, 0) is 37.0 Å². The van der Waals surface area contributed by atoms with Gasteiger partial charge >= 0.3 is 0 Å². The fraction of sp³-hybridized carbons (Fsp3) is 0.611. The highest BCUT2D eigenvalue weighted by molar-refractivity contribution is 7.89. The molecule has 0 saturated carbocycles. The van der Waals surface area contributed by atoms with Gasteiger partial charge in [0.1, 0.15) is 0 Å². The number of carbonyl (C=O) groups is 1. The topological polar surface area (TPSA) is 75.7 Å². The summed E-state index contributed by atoms with van der Waals surface area (Å²) in [5.74, 6) is -0.227. The zero-order valence-electron chi connectivity index (χ0n) is 15.2. The van der Waals surface area contributed by atoms with Crippen LogP contribution in [0.5, 0.6) is 0 Å². The Morgan fingerprint density at radius 1 is 1.20 bits per heavy atom. The summed E-state index contributed by atoms with van der Waals surface area (Å²) >= 11 is 0. The fourth-order valence-corrected chi connectivity index (χ4v) is 4.64. The average molecular weight is 368 g/mol. The van der Waals surface area contributed by atoms with E-state index in [4.69, 9.17) is 4.74 Å². The molecular weight excluding hydrogens is 340 g/mol. The van der Waals surface area contributed by atoms with E-state index in [1.807, 2.05) is 20.8 Å². The van der Waals surface area contributed by atoms with Crippen molar-refractivity contribution in [1.29, 1.82) is 0 Å². The second-order valence-electron chi connectivity index (χ2n) is 6.18. The number of benzene rings is 1. The first kappa shape index (κ1) is 19.9. The third-order valence-corrected chi connectivity index (χ3v) is 6.60. The Morgan fingerprint density at radius 3 is 2.40 bits per heavy atom. The van der Waals surface area contributed by atoms with Crippen LogP contribution in [0.25, 0.3) is 0 Å². The Kier molecular flexibility index (Phi) is 6.98. The van der Waals surface area contributed by atoms with Crippen LogP contribution in [-0.4, -0.2) is 51.0 Å². The number of amides is 1. The molecule has 140 valence electrons. The summed E-state index contributed by atoms with van der Waals surface area (Å²) in [6.07, 6.45) is 2.27. The molecule has 0 atom stereocenters. The van der Waals surface area contributed by atoms with Gasteiger partial charge in [0, 0.05) is 24.7 Å². The molecule has 0 bridgehead atoms. The molecule has 2 rings (SSSR count). The predicted octanol–water partition coefficient (Wildman–Crippen LogP) is 2.19. The van der Waals surface area contributed by atoms with Crippen LogP contribution in [0.2, 0.25) is 0 Å². The largest absolute Gasteiger partial charge is 0.379 e. The molecule has 1 aliphatic rings. The van der Waals surface area contributed by atoms with Gasteiger partial charge in [-0.3, -0.25) is 4.79 Å². The second-order valence-corrected chi connectivity index (χ2v) is 8.09. The van der Waals surface area contributed by atoms with E-state index < -0.39 is 10.0 Å². The Labute approximate surface area is 150 Å². The Hall–Kier alpha value is -1.44. The van der Waals surface area contributed by atoms with Gasteiger partial charge in [0.2, 0.25) is 10.0 Å². The molecule has 1 aliphatic heterocycles. The van der Waals surface area contributed by atoms with Crippen LogP contribution in [0.3, 0.4) is 0 Å². The number of sulfonamides is 1. The van der Waals surface area contributed by atoms with Crippen molar-refractivity contribution in [2.45, 2.75) is 51.0 Å². The summed E-state index contributed by atoms with van der Waals surface area (Å²) in [5.41, 5.74) is 1.11. The molecule has 1 heterocycles. The maximum atomic E-state index is 13.0. The van der Waals surface area contributed by atoms with E-state index in [2.05, 4.69) is 5.32 Å². The van der Waals surface area contributed by atoms with Crippen LogP contribution in [0.1, 0.15) is 49.5 Å². The van der Waals surface area contributed by atoms with Gasteiger partial charge in [-0.25, -0.2) is 8.42 Å². The first-order chi connectivity index (χ1) is 11.9. The standard InChI is InChI=1S/C18H28N2O4S/c1-4-14-7-8-15(18(21)19-16(5-2)6-3)13-17(14)25(22,23)20-9-11-24-12-10-20/h7-8,13,16H,4-6,9-12H2,1-3H3,(H,19,21). The molecule has 7 heteroatoms. The van der Waals surface area contributed by atoms with Crippen molar-refractivity contribution < 1.29 is 17.9 Å². The van der Waals surface area contributed by atoms with Gasteiger partial charge in [-0.1, -0.05) is 26.8 Å². The van der Waals surface area contributed by atoms with Crippen molar-refractivity contribution in [1.82, 2.24) is 9.62 Å². The van der Waals surface area contributed by atoms with Gasteiger partial charge in [-0.2, -0.15) is 4.31 Å². The third-order valence-electron chi connectivity index (χ3n) is 4.62. The molecule has 0 spiro atoms. The van der Waals surface area contributed by atoms with E-state index in [-0.39, 0.29) is 16.8 Å². The molecule has 0 aliphatic carbocycles. The van der Waals surface area contributed by atoms with E-state index >= 15 is 0 Å². The molecule has 0 radical (unpaired) electrons. The lowest BCUT2D eigenvalue weighted by Crippen LogP contribution is -2.41. The number of aryl methyl sites for hydroxylation is 1. The van der Waals surface area contributed by atoms with Crippen molar-refractivity contribution >= 4 is 15.9 Å². The SMILES string of the molecule is CCc1ccc(C(=O)NC(CC)CC)cc1S(=O)(=O)N1CCOCC1. The molecule has 1 fully saturated rings. The van der Waals surface area contributed by atoms with Crippen LogP contribution >= 0.6 is 0 Å². The lowest BCUT2D eigenvalue weighted by Gasteiger charge is -2.27. The minimum absolute atomic E-state index is 0.0950. The molecule has 1 aromatic rings. The number of rotatable bonds is 7. The normalized spacial score (nSPS) is 16.2. The first-order valence-electron chi connectivity index (χ1n) is 8.95. The minimum atomic E-state index is -3.63. The molecule has 6 nitrogen and oxygen atoms in total. The molecule has 1 saturated heterocycles. The molecule has 1 aromatic carbocycles. The van der Waals surface area contributed by atoms with E-state index in [1.54, 1.807) is 12.1 Å². The second kappa shape index (κ2) is 8.78. The molecule has 25 heavy (non-hydrogen) atoms. The Bertz CT molecular complexity index is 693. The number of morpholine rings is 1. The van der Waals surface area contributed by atoms with Crippen LogP contribution < -0.4 is 5.32 Å². The van der Waals surface area contributed by atoms with Crippen molar-refractivity contribution in [3.8, 4) is 0 Å². The van der Waals surface area contributed by atoms with Crippen LogP contribution in [0.4, 0.5) is 0 Å². The minimum Gasteiger partial charge on any atom is -0.379 e. The quantitative estimate of drug-likeness (QED) is 0.800. The highest BCUT2D eigenvalue weighted by atomic mass is 32.2. The van der Waals surface area contributed by atoms with Crippen molar-refractivity contribution in [2.75, 3.05) is 26.3 Å². The average Bonchev–Trinajstić information content (AvgIpc) is 2.66. The van der Waals surface area contributed by atoms with Crippen molar-refractivity contribution in [3.05, 3.63) is 29.3 Å². The van der Waals surface area contributed by atoms with Gasteiger partial charge in [0.25, 0.3) is 5.91 Å². The van der Waals surface area contributed by atoms with Crippen LogP contribution in [0.15, 0.2) is 23.1 Å². The monoisotopic (exact) mass is 368 g/mol. The molecule has 1 amide bonds. The van der Waals surface area contributed by atoms with Gasteiger partial charge < -0.3 is 10.1 Å². The van der Waals surface area contributed by atoms with Gasteiger partial charge in [0.05, 0.1) is 18.1 Å². The van der Waals surface area contributed by atoms with Crippen molar-refractivity contribution in [2.24, 2.45) is 0 Å². The van der Waals surface area contributed by atoms with Crippen LogP contribution in [-0.2, 0) is 21.2 Å². The fourth-order valence-electron chi connectivity index (χ4n) is 2.92. The lowest BCUT2D eigenvalue weighted by atomic mass is 10.1. The number of nitrogens with zero attached hydrogens (tertiary/aromatic N) is 1. The molecule has 1 N–H and O–H groups in total. The van der Waals surface area contributed by atoms with E-state index in [1.165, 1.54) is 10.4 Å². The molecular formula is C18H28N2O4S. The predicted molar refractivity (Wildman–Crippen MR) is 97.2 cm³/mol. The van der Waals surface area contributed by atoms with Crippen molar-refractivity contribution in [3.63, 3.8) is 0 Å². The van der Waals surface area contributed by atoms with Gasteiger partial charge in [0.15, 0.2) is 0 Å². The third kappa shape index (κ3) is 4.59. The zero-order chi connectivity index (χ0) is 18.4. The number of hydrogen-bond donors (Lipinski definition) is 1. The van der Waals surface area contributed by atoms with E-state index in [0.29, 0.717) is 38.3 Å². The maximum Gasteiger partial charge on any atom is 0.251 e. The van der Waals surface area contributed by atoms with E-state index in [9.17, 15) is 13.2 Å². The summed E-state index contributed by atoms with van der Waals surface area (Å²) in [4.78, 5) is 12.7. The van der Waals surface area contributed by atoms with E-state index in [0.717, 1.165) is 18.4 Å². The maximum absolute atomic E-state index is 13.0. The van der Waals surface area contributed by atoms with Crippen LogP contribution in [0, 0.1) is 0 Å². The lowest BCUT2D eigenvalue weighted by molar-refractivity contribution is 0.0730. The Balaban J connectivity index is 2.35. The Morgan fingerprint density at radius 2 is 1.84 bits per heavy atom. The summed E-state index contributed by atoms with van der Waals surface area (Å²) in [7, 11) is -3.63. The zero-order valence-corrected chi connectivity index (χ0v) is 16.1. The molecule has 0 unspecified atom stereocenters. The summed E-state index contributed by atoms with van der Waals surface area (Å²) in [5, 5.41) is 2.96. The highest BCUT2D eigenvalue weighted by Gasteiger charge is 2.29. The number of nitrogens with one attached hydrogen (secondary N) is 1. The highest BCUT2D eigenvalue weighted by Crippen LogP contribution is 2.23. The summed E-state index contributed by atoms with van der Waals surface area (Å²) in [6, 6.07) is 5.06. The smallest absolute Gasteiger partial charge is 0.251 e. The van der Waals surface area contributed by atoms with Gasteiger partial charge in [-0.15, -0.1) is 0 Å². The summed E-state index contributed by atoms with van der Waals surface area (Å²) < 4.78 is 32.7. The number of hydrogen-bond acceptors (Lipinski definition) is 4. The summed E-state index contributed by atoms with van der Waals surface area (Å²) in [6.45, 7) is 7.43. The number of ether oxygens (including phenoxy) is 1. The number of carbonyl (C=O) groups excluding carboxylic acids is 1.